The molecule has 2 fully saturated rings. The number of nitrogens with zero attached hydrogens (tertiary/aromatic N) is 1. The smallest absolute Gasteiger partial charge is 0.250 e. The molecule has 1 unspecified atom stereocenters. The topological polar surface area (TPSA) is 90.5 Å². The minimum absolute atomic E-state index is 0.0475. The lowest BCUT2D eigenvalue weighted by Crippen LogP contribution is -2.60. The van der Waals surface area contributed by atoms with E-state index in [2.05, 4.69) is 16.0 Å². The highest BCUT2D eigenvalue weighted by atomic mass is 16.2. The van der Waals surface area contributed by atoms with Gasteiger partial charge in [0.25, 0.3) is 0 Å². The number of rotatable bonds is 1. The summed E-state index contributed by atoms with van der Waals surface area (Å²) in [5.41, 5.74) is 1.02. The third-order valence-electron chi connectivity index (χ3n) is 5.50. The van der Waals surface area contributed by atoms with Crippen LogP contribution in [0.4, 0.5) is 11.4 Å². The first kappa shape index (κ1) is 15.9. The van der Waals surface area contributed by atoms with E-state index in [1.165, 1.54) is 0 Å². The van der Waals surface area contributed by atoms with Gasteiger partial charge in [0, 0.05) is 19.6 Å². The monoisotopic (exact) mass is 342 g/mol. The molecule has 0 aromatic heterocycles. The highest BCUT2D eigenvalue weighted by Crippen LogP contribution is 2.36. The van der Waals surface area contributed by atoms with E-state index in [1.807, 2.05) is 24.3 Å². The second kappa shape index (κ2) is 6.06. The Bertz CT molecular complexity index is 725. The van der Waals surface area contributed by atoms with Crippen LogP contribution in [0.25, 0.3) is 0 Å². The Labute approximate surface area is 146 Å². The average Bonchev–Trinajstić information content (AvgIpc) is 2.63. The Balaban J connectivity index is 1.45. The highest BCUT2D eigenvalue weighted by Gasteiger charge is 2.46. The molecule has 4 rings (SSSR count). The lowest BCUT2D eigenvalue weighted by Gasteiger charge is -2.44. The van der Waals surface area contributed by atoms with E-state index < -0.39 is 11.5 Å². The number of benzene rings is 1. The van der Waals surface area contributed by atoms with Gasteiger partial charge in [-0.15, -0.1) is 0 Å². The van der Waals surface area contributed by atoms with E-state index >= 15 is 0 Å². The van der Waals surface area contributed by atoms with Gasteiger partial charge in [0.2, 0.25) is 17.7 Å². The number of fused-ring (bicyclic) bond motifs is 1. The first-order valence-corrected chi connectivity index (χ1v) is 8.84. The van der Waals surface area contributed by atoms with Crippen LogP contribution in [0, 0.1) is 5.92 Å². The van der Waals surface area contributed by atoms with Crippen LogP contribution < -0.4 is 16.0 Å². The van der Waals surface area contributed by atoms with Crippen LogP contribution in [0.5, 0.6) is 0 Å². The maximum atomic E-state index is 12.7. The second-order valence-corrected chi connectivity index (χ2v) is 7.02. The Morgan fingerprint density at radius 2 is 1.84 bits per heavy atom. The van der Waals surface area contributed by atoms with Crippen molar-refractivity contribution in [1.82, 2.24) is 10.2 Å². The Morgan fingerprint density at radius 3 is 2.56 bits per heavy atom. The number of likely N-dealkylation sites (tertiary alicyclic amines) is 1. The molecule has 3 heterocycles. The number of para-hydroxylation sites is 2. The van der Waals surface area contributed by atoms with Crippen molar-refractivity contribution in [3.05, 3.63) is 24.3 Å². The number of carbonyl (C=O) groups is 3. The molecule has 25 heavy (non-hydrogen) atoms. The molecule has 3 aliphatic heterocycles. The lowest BCUT2D eigenvalue weighted by molar-refractivity contribution is -0.145. The second-order valence-electron chi connectivity index (χ2n) is 7.02. The Morgan fingerprint density at radius 1 is 1.12 bits per heavy atom. The first-order valence-electron chi connectivity index (χ1n) is 8.84. The van der Waals surface area contributed by atoms with E-state index in [0.717, 1.165) is 17.8 Å². The number of amides is 3. The van der Waals surface area contributed by atoms with Crippen LogP contribution in [-0.2, 0) is 14.4 Å². The van der Waals surface area contributed by atoms with Crippen molar-refractivity contribution >= 4 is 29.1 Å². The summed E-state index contributed by atoms with van der Waals surface area (Å²) < 4.78 is 0. The van der Waals surface area contributed by atoms with Gasteiger partial charge in [-0.05, 0) is 37.8 Å². The zero-order chi connectivity index (χ0) is 17.4. The molecule has 0 aliphatic carbocycles. The summed E-state index contributed by atoms with van der Waals surface area (Å²) in [6, 6.07) is 7.63. The third kappa shape index (κ3) is 2.73. The molecular weight excluding hydrogens is 320 g/mol. The van der Waals surface area contributed by atoms with Gasteiger partial charge in [-0.3, -0.25) is 14.4 Å². The first-order chi connectivity index (χ1) is 12.1. The molecule has 132 valence electrons. The fourth-order valence-corrected chi connectivity index (χ4v) is 3.95. The van der Waals surface area contributed by atoms with E-state index in [1.54, 1.807) is 4.90 Å². The number of carbonyl (C=O) groups excluding carboxylic acids is 3. The predicted molar refractivity (Wildman–Crippen MR) is 93.0 cm³/mol. The molecule has 1 aromatic carbocycles. The van der Waals surface area contributed by atoms with Crippen molar-refractivity contribution in [3.63, 3.8) is 0 Å². The third-order valence-corrected chi connectivity index (χ3v) is 5.50. The highest BCUT2D eigenvalue weighted by molar-refractivity contribution is 6.06. The Hall–Kier alpha value is -2.57. The normalized spacial score (nSPS) is 24.8. The summed E-state index contributed by atoms with van der Waals surface area (Å²) in [5, 5.41) is 9.11. The Kier molecular flexibility index (Phi) is 3.86. The number of hydrogen-bond acceptors (Lipinski definition) is 4. The molecule has 3 amide bonds. The molecule has 3 N–H and O–H groups in total. The average molecular weight is 342 g/mol. The molecule has 0 bridgehead atoms. The van der Waals surface area contributed by atoms with E-state index in [9.17, 15) is 14.4 Å². The minimum Gasteiger partial charge on any atom is -0.369 e. The largest absolute Gasteiger partial charge is 0.369 e. The predicted octanol–water partition coefficient (Wildman–Crippen LogP) is 0.938. The van der Waals surface area contributed by atoms with Gasteiger partial charge in [-0.25, -0.2) is 0 Å². The van der Waals surface area contributed by atoms with Gasteiger partial charge in [-0.1, -0.05) is 12.1 Å². The zero-order valence-corrected chi connectivity index (χ0v) is 14.0. The van der Waals surface area contributed by atoms with Crippen molar-refractivity contribution in [1.29, 1.82) is 0 Å². The van der Waals surface area contributed by atoms with Crippen molar-refractivity contribution in [2.45, 2.75) is 31.2 Å². The summed E-state index contributed by atoms with van der Waals surface area (Å²) in [5.74, 6) is -0.895. The van der Waals surface area contributed by atoms with Crippen LogP contribution in [-0.4, -0.2) is 47.8 Å². The molecule has 7 nitrogen and oxygen atoms in total. The molecule has 1 spiro atoms. The zero-order valence-electron chi connectivity index (χ0n) is 14.0. The van der Waals surface area contributed by atoms with Crippen molar-refractivity contribution < 1.29 is 14.4 Å². The van der Waals surface area contributed by atoms with Crippen molar-refractivity contribution in [2.24, 2.45) is 5.92 Å². The summed E-state index contributed by atoms with van der Waals surface area (Å²) in [6.07, 6.45) is 2.51. The fourth-order valence-electron chi connectivity index (χ4n) is 3.95. The maximum absolute atomic E-state index is 12.7. The summed E-state index contributed by atoms with van der Waals surface area (Å²) in [4.78, 5) is 38.9. The van der Waals surface area contributed by atoms with Crippen LogP contribution in [0.2, 0.25) is 0 Å². The van der Waals surface area contributed by atoms with Gasteiger partial charge in [0.05, 0.1) is 11.4 Å². The molecule has 0 radical (unpaired) electrons. The van der Waals surface area contributed by atoms with Crippen LogP contribution in [0.15, 0.2) is 24.3 Å². The van der Waals surface area contributed by atoms with Crippen molar-refractivity contribution in [2.75, 3.05) is 30.3 Å². The molecule has 3 aliphatic rings. The van der Waals surface area contributed by atoms with Crippen LogP contribution >= 0.6 is 0 Å². The van der Waals surface area contributed by atoms with Gasteiger partial charge >= 0.3 is 0 Å². The quantitative estimate of drug-likeness (QED) is 0.663. The lowest BCUT2D eigenvalue weighted by atomic mass is 9.83. The molecule has 7 heteroatoms. The van der Waals surface area contributed by atoms with E-state index in [4.69, 9.17) is 0 Å². The van der Waals surface area contributed by atoms with Crippen molar-refractivity contribution in [3.8, 4) is 0 Å². The maximum Gasteiger partial charge on any atom is 0.250 e. The van der Waals surface area contributed by atoms with Gasteiger partial charge in [0.1, 0.15) is 11.5 Å². The molecule has 2 saturated heterocycles. The number of hydrogen-bond donors (Lipinski definition) is 3. The number of anilines is 2. The minimum atomic E-state index is -0.681. The SMILES string of the molecule is O=C1NCCCC1C(=O)N1CCC2(CC1)Nc1ccccc1NC2=O. The number of piperidine rings is 2. The van der Waals surface area contributed by atoms with E-state index in [0.29, 0.717) is 38.9 Å². The molecule has 1 aromatic rings. The van der Waals surface area contributed by atoms with Gasteiger partial charge < -0.3 is 20.9 Å². The van der Waals surface area contributed by atoms with E-state index in [-0.39, 0.29) is 17.7 Å². The summed E-state index contributed by atoms with van der Waals surface area (Å²) in [7, 11) is 0. The van der Waals surface area contributed by atoms with Crippen LogP contribution in [0.1, 0.15) is 25.7 Å². The molecule has 0 saturated carbocycles. The molecule has 1 atom stereocenters. The standard InChI is InChI=1S/C18H22N4O3/c23-15-12(4-3-9-19-15)16(24)22-10-7-18(8-11-22)17(25)20-13-5-1-2-6-14(13)21-18/h1-2,5-6,12,21H,3-4,7-11H2,(H,19,23)(H,20,25). The van der Waals surface area contributed by atoms with Crippen LogP contribution in [0.3, 0.4) is 0 Å². The number of nitrogens with one attached hydrogen (secondary N) is 3. The fraction of sp³-hybridized carbons (Fsp3) is 0.500. The summed E-state index contributed by atoms with van der Waals surface area (Å²) in [6.45, 7) is 1.60. The van der Waals surface area contributed by atoms with Gasteiger partial charge in [0.15, 0.2) is 0 Å². The molecular formula is C18H22N4O3. The summed E-state index contributed by atoms with van der Waals surface area (Å²) >= 11 is 0. The van der Waals surface area contributed by atoms with Gasteiger partial charge in [-0.2, -0.15) is 0 Å².